The maximum absolute atomic E-state index is 12.3. The molecular formula is C23H21ClN2O4S. The summed E-state index contributed by atoms with van der Waals surface area (Å²) in [7, 11) is 0. The van der Waals surface area contributed by atoms with Gasteiger partial charge in [0.05, 0.1) is 36.0 Å². The molecule has 1 N–H and O–H groups in total. The fourth-order valence-corrected chi connectivity index (χ4v) is 5.50. The summed E-state index contributed by atoms with van der Waals surface area (Å²) < 4.78 is 11.4. The lowest BCUT2D eigenvalue weighted by Gasteiger charge is -2.32. The summed E-state index contributed by atoms with van der Waals surface area (Å²) in [5.74, 6) is -2.45. The molecule has 160 valence electrons. The monoisotopic (exact) mass is 456 g/mol. The van der Waals surface area contributed by atoms with Crippen LogP contribution in [0, 0.1) is 11.3 Å². The first-order valence-corrected chi connectivity index (χ1v) is 11.3. The second-order valence-corrected chi connectivity index (χ2v) is 9.25. The van der Waals surface area contributed by atoms with Crippen molar-refractivity contribution in [1.29, 1.82) is 5.26 Å². The minimum atomic E-state index is -1.51. The van der Waals surface area contributed by atoms with Crippen LogP contribution >= 0.6 is 23.4 Å². The molecule has 4 rings (SSSR count). The van der Waals surface area contributed by atoms with Crippen molar-refractivity contribution in [3.63, 3.8) is 0 Å². The Bertz CT molecular complexity index is 1060. The molecule has 0 saturated carbocycles. The quantitative estimate of drug-likeness (QED) is 0.545. The normalized spacial score (nSPS) is 18.7. The molecule has 2 aromatic carbocycles. The third-order valence-corrected chi connectivity index (χ3v) is 7.17. The second-order valence-electron chi connectivity index (χ2n) is 7.49. The van der Waals surface area contributed by atoms with E-state index in [1.807, 2.05) is 25.1 Å². The number of benzene rings is 2. The van der Waals surface area contributed by atoms with Crippen molar-refractivity contribution in [2.24, 2.45) is 0 Å². The van der Waals surface area contributed by atoms with Crippen LogP contribution in [-0.4, -0.2) is 25.0 Å². The Labute approximate surface area is 189 Å². The summed E-state index contributed by atoms with van der Waals surface area (Å²) >= 11 is 8.15. The van der Waals surface area contributed by atoms with E-state index in [0.29, 0.717) is 29.1 Å². The van der Waals surface area contributed by atoms with Gasteiger partial charge in [0.2, 0.25) is 0 Å². The van der Waals surface area contributed by atoms with Crippen LogP contribution in [0.5, 0.6) is 0 Å². The van der Waals surface area contributed by atoms with Crippen LogP contribution in [0.2, 0.25) is 5.02 Å². The third kappa shape index (κ3) is 4.29. The SMILES string of the molecule is CC(Sc1c(Cl)ccc2c1CCNCC21OC(=O)CCC(=O)O1)c1ccccc1C#N. The number of nitrogens with one attached hydrogen (secondary N) is 1. The topological polar surface area (TPSA) is 88.4 Å². The number of fused-ring (bicyclic) bond motifs is 2. The Hall–Kier alpha value is -2.53. The van der Waals surface area contributed by atoms with Gasteiger partial charge in [-0.05, 0) is 49.2 Å². The molecule has 0 bridgehead atoms. The standard InChI is InChI=1S/C23H21ClN2O4S/c1-14(16-5-3-2-4-15(16)12-25)31-22-17-10-11-26-13-23(18(17)6-7-19(22)24)29-20(27)8-9-21(28)30-23/h2-7,14,26H,8-11,13H2,1H3. The van der Waals surface area contributed by atoms with Crippen molar-refractivity contribution in [3.05, 3.63) is 63.7 Å². The highest BCUT2D eigenvalue weighted by atomic mass is 35.5. The van der Waals surface area contributed by atoms with Crippen LogP contribution in [0.15, 0.2) is 41.3 Å². The number of rotatable bonds is 3. The highest BCUT2D eigenvalue weighted by Crippen LogP contribution is 2.46. The van der Waals surface area contributed by atoms with E-state index in [4.69, 9.17) is 21.1 Å². The number of thioether (sulfide) groups is 1. The number of hydrogen-bond acceptors (Lipinski definition) is 7. The van der Waals surface area contributed by atoms with Gasteiger partial charge in [-0.2, -0.15) is 5.26 Å². The fourth-order valence-electron chi connectivity index (χ4n) is 3.96. The first kappa shape index (κ1) is 21.7. The fraction of sp³-hybridized carbons (Fsp3) is 0.348. The van der Waals surface area contributed by atoms with Crippen LogP contribution < -0.4 is 5.32 Å². The van der Waals surface area contributed by atoms with Gasteiger partial charge < -0.3 is 14.8 Å². The maximum atomic E-state index is 12.3. The van der Waals surface area contributed by atoms with E-state index < -0.39 is 17.7 Å². The van der Waals surface area contributed by atoms with Gasteiger partial charge in [0.15, 0.2) is 0 Å². The van der Waals surface area contributed by atoms with Crippen molar-refractivity contribution < 1.29 is 19.1 Å². The summed E-state index contributed by atoms with van der Waals surface area (Å²) in [6.07, 6.45) is 0.613. The zero-order valence-corrected chi connectivity index (χ0v) is 18.5. The molecule has 0 aliphatic carbocycles. The minimum Gasteiger partial charge on any atom is -0.416 e. The number of carbonyl (C=O) groups is 2. The van der Waals surface area contributed by atoms with E-state index in [2.05, 4.69) is 11.4 Å². The Kier molecular flexibility index (Phi) is 6.24. The number of hydrogen-bond donors (Lipinski definition) is 1. The van der Waals surface area contributed by atoms with Gasteiger partial charge in [-0.1, -0.05) is 29.8 Å². The number of ether oxygens (including phenoxy) is 2. The third-order valence-electron chi connectivity index (χ3n) is 5.44. The van der Waals surface area contributed by atoms with Gasteiger partial charge >= 0.3 is 11.9 Å². The van der Waals surface area contributed by atoms with Crippen molar-refractivity contribution in [3.8, 4) is 6.07 Å². The lowest BCUT2D eigenvalue weighted by atomic mass is 9.98. The van der Waals surface area contributed by atoms with Crippen LogP contribution in [0.1, 0.15) is 47.3 Å². The molecule has 0 amide bonds. The predicted octanol–water partition coefficient (Wildman–Crippen LogP) is 4.24. The van der Waals surface area contributed by atoms with Crippen LogP contribution in [0.4, 0.5) is 0 Å². The first-order chi connectivity index (χ1) is 14.9. The van der Waals surface area contributed by atoms with E-state index in [1.165, 1.54) is 11.8 Å². The molecule has 2 aromatic rings. The summed E-state index contributed by atoms with van der Waals surface area (Å²) in [4.78, 5) is 25.4. The summed E-state index contributed by atoms with van der Waals surface area (Å²) in [6.45, 7) is 2.81. The summed E-state index contributed by atoms with van der Waals surface area (Å²) in [5.41, 5.74) is 3.04. The number of halogens is 1. The summed E-state index contributed by atoms with van der Waals surface area (Å²) in [6, 6.07) is 13.2. The van der Waals surface area contributed by atoms with Gasteiger partial charge in [0.25, 0.3) is 5.79 Å². The highest BCUT2D eigenvalue weighted by molar-refractivity contribution is 7.99. The molecule has 2 aliphatic heterocycles. The smallest absolute Gasteiger partial charge is 0.309 e. The highest BCUT2D eigenvalue weighted by Gasteiger charge is 2.46. The number of nitriles is 1. The van der Waals surface area contributed by atoms with Crippen molar-refractivity contribution in [2.75, 3.05) is 13.1 Å². The molecule has 2 heterocycles. The molecule has 6 nitrogen and oxygen atoms in total. The Morgan fingerprint density at radius 3 is 2.55 bits per heavy atom. The maximum Gasteiger partial charge on any atom is 0.309 e. The molecule has 1 spiro atoms. The van der Waals surface area contributed by atoms with Crippen molar-refractivity contribution in [1.82, 2.24) is 5.32 Å². The average Bonchev–Trinajstić information content (AvgIpc) is 3.02. The van der Waals surface area contributed by atoms with E-state index >= 15 is 0 Å². The largest absolute Gasteiger partial charge is 0.416 e. The van der Waals surface area contributed by atoms with Crippen LogP contribution in [0.3, 0.4) is 0 Å². The van der Waals surface area contributed by atoms with E-state index in [1.54, 1.807) is 18.2 Å². The molecule has 2 aliphatic rings. The Morgan fingerprint density at radius 1 is 1.13 bits per heavy atom. The molecule has 1 unspecified atom stereocenters. The second kappa shape index (κ2) is 8.91. The van der Waals surface area contributed by atoms with Crippen LogP contribution in [-0.2, 0) is 31.3 Å². The van der Waals surface area contributed by atoms with Crippen LogP contribution in [0.25, 0.3) is 0 Å². The zero-order valence-electron chi connectivity index (χ0n) is 16.9. The molecule has 0 aromatic heterocycles. The van der Waals surface area contributed by atoms with E-state index in [0.717, 1.165) is 16.0 Å². The van der Waals surface area contributed by atoms with Gasteiger partial charge in [-0.25, -0.2) is 0 Å². The molecule has 31 heavy (non-hydrogen) atoms. The van der Waals surface area contributed by atoms with E-state index in [-0.39, 0.29) is 24.6 Å². The van der Waals surface area contributed by atoms with Gasteiger partial charge in [0, 0.05) is 15.7 Å². The lowest BCUT2D eigenvalue weighted by molar-refractivity contribution is -0.225. The van der Waals surface area contributed by atoms with Gasteiger partial charge in [-0.15, -0.1) is 11.8 Å². The minimum absolute atomic E-state index is 0.00685. The van der Waals surface area contributed by atoms with Gasteiger partial charge in [0.1, 0.15) is 0 Å². The van der Waals surface area contributed by atoms with Gasteiger partial charge in [-0.3, -0.25) is 9.59 Å². The predicted molar refractivity (Wildman–Crippen MR) is 117 cm³/mol. The number of esters is 2. The molecule has 8 heteroatoms. The van der Waals surface area contributed by atoms with Crippen molar-refractivity contribution in [2.45, 2.75) is 42.1 Å². The molecule has 0 radical (unpaired) electrons. The number of carbonyl (C=O) groups excluding carboxylic acids is 2. The van der Waals surface area contributed by atoms with Crippen molar-refractivity contribution >= 4 is 35.3 Å². The molecule has 1 saturated heterocycles. The summed E-state index contributed by atoms with van der Waals surface area (Å²) in [5, 5.41) is 13.2. The van der Waals surface area contributed by atoms with E-state index in [9.17, 15) is 14.9 Å². The molecule has 1 fully saturated rings. The first-order valence-electron chi connectivity index (χ1n) is 10.1. The molecular weight excluding hydrogens is 436 g/mol. The number of nitrogens with zero attached hydrogens (tertiary/aromatic N) is 1. The average molecular weight is 457 g/mol. The Morgan fingerprint density at radius 2 is 1.84 bits per heavy atom. The lowest BCUT2D eigenvalue weighted by Crippen LogP contribution is -2.43. The molecule has 1 atom stereocenters. The zero-order chi connectivity index (χ0) is 22.0. The Balaban J connectivity index is 1.79.